The van der Waals surface area contributed by atoms with Gasteiger partial charge in [0.05, 0.1) is 26.2 Å². The number of nitrogens with zero attached hydrogens (tertiary/aromatic N) is 2. The average molecular weight is 1170 g/mol. The molecule has 0 fully saturated rings. The Bertz CT molecular complexity index is 5780. The monoisotopic (exact) mass is 1160 g/mol. The maximum absolute atomic E-state index is 2.56. The summed E-state index contributed by atoms with van der Waals surface area (Å²) in [7, 11) is 0. The van der Waals surface area contributed by atoms with Crippen molar-refractivity contribution >= 4 is 129 Å². The molecule has 2 heterocycles. The lowest BCUT2D eigenvalue weighted by atomic mass is 9.69. The molecule has 0 radical (unpaired) electrons. The SMILES string of the molecule is c1ccc(N(c2cccc(-c3ccc4cc5c(cc4c3)C3(c4ccccc4-c4c3ccc3ccccc43)c3c-5ccc4cc(-c5cccc(N(c6ccccc6)c6cccc7c6sc6ccccc67)c5)ccc34)c2)c2cccc3c2sc2ccccc23)cc1. The zero-order valence-corrected chi connectivity index (χ0v) is 49.9. The molecule has 0 saturated carbocycles. The van der Waals surface area contributed by atoms with Crippen LogP contribution in [0.3, 0.4) is 0 Å². The van der Waals surface area contributed by atoms with Crippen LogP contribution < -0.4 is 9.80 Å². The van der Waals surface area contributed by atoms with E-state index in [1.807, 2.05) is 22.7 Å². The third-order valence-corrected chi connectivity index (χ3v) is 21.6. The molecule has 2 nitrogen and oxygen atoms in total. The van der Waals surface area contributed by atoms with Crippen LogP contribution in [0.4, 0.5) is 34.1 Å². The van der Waals surface area contributed by atoms with E-state index in [1.54, 1.807) is 0 Å². The molecule has 414 valence electrons. The first-order chi connectivity index (χ1) is 44.1. The van der Waals surface area contributed by atoms with E-state index in [0.29, 0.717) is 0 Å². The highest BCUT2D eigenvalue weighted by Crippen LogP contribution is 2.66. The first kappa shape index (κ1) is 50.3. The second-order valence-corrected chi connectivity index (χ2v) is 25.9. The van der Waals surface area contributed by atoms with Crippen LogP contribution in [-0.4, -0.2) is 0 Å². The molecule has 0 bridgehead atoms. The lowest BCUT2D eigenvalue weighted by Gasteiger charge is -2.32. The summed E-state index contributed by atoms with van der Waals surface area (Å²) in [6.07, 6.45) is 0. The number of thiophene rings is 2. The second kappa shape index (κ2) is 19.6. The highest BCUT2D eigenvalue weighted by atomic mass is 32.1. The van der Waals surface area contributed by atoms with Crippen molar-refractivity contribution in [3.63, 3.8) is 0 Å². The van der Waals surface area contributed by atoms with Crippen molar-refractivity contribution in [3.05, 3.63) is 338 Å². The number of benzene rings is 15. The molecule has 19 rings (SSSR count). The fraction of sp³-hybridized carbons (Fsp3) is 0.0118. The Balaban J connectivity index is 0.773. The predicted molar refractivity (Wildman–Crippen MR) is 381 cm³/mol. The summed E-state index contributed by atoms with van der Waals surface area (Å²) in [5, 5.41) is 12.6. The zero-order chi connectivity index (χ0) is 58.3. The second-order valence-electron chi connectivity index (χ2n) is 23.8. The van der Waals surface area contributed by atoms with Crippen LogP contribution in [0.2, 0.25) is 0 Å². The molecule has 2 aliphatic rings. The summed E-state index contributed by atoms with van der Waals surface area (Å²) in [4.78, 5) is 4.88. The number of anilines is 6. The van der Waals surface area contributed by atoms with Gasteiger partial charge in [0, 0.05) is 53.7 Å². The van der Waals surface area contributed by atoms with Crippen molar-refractivity contribution in [2.75, 3.05) is 9.80 Å². The van der Waals surface area contributed by atoms with Gasteiger partial charge < -0.3 is 9.80 Å². The summed E-state index contributed by atoms with van der Waals surface area (Å²) in [6, 6.07) is 118. The molecule has 15 aromatic carbocycles. The van der Waals surface area contributed by atoms with Gasteiger partial charge in [-0.2, -0.15) is 0 Å². The van der Waals surface area contributed by atoms with Gasteiger partial charge in [0.2, 0.25) is 0 Å². The van der Waals surface area contributed by atoms with Crippen LogP contribution >= 0.6 is 22.7 Å². The maximum Gasteiger partial charge on any atom is 0.0731 e. The van der Waals surface area contributed by atoms with Crippen LogP contribution in [-0.2, 0) is 5.41 Å². The van der Waals surface area contributed by atoms with Gasteiger partial charge >= 0.3 is 0 Å². The average Bonchev–Trinajstić information content (AvgIpc) is 1.50. The summed E-state index contributed by atoms with van der Waals surface area (Å²) in [6.45, 7) is 0. The summed E-state index contributed by atoms with van der Waals surface area (Å²) < 4.78 is 5.16. The molecule has 1 spiro atoms. The van der Waals surface area contributed by atoms with E-state index in [1.165, 1.54) is 151 Å². The molecule has 1 unspecified atom stereocenters. The lowest BCUT2D eigenvalue weighted by Crippen LogP contribution is -2.26. The minimum absolute atomic E-state index is 0.598. The van der Waals surface area contributed by atoms with Crippen molar-refractivity contribution in [3.8, 4) is 44.5 Å². The third kappa shape index (κ3) is 7.49. The van der Waals surface area contributed by atoms with E-state index in [4.69, 9.17) is 0 Å². The van der Waals surface area contributed by atoms with Gasteiger partial charge in [-0.05, 0) is 196 Å². The number of para-hydroxylation sites is 2. The molecule has 1 atom stereocenters. The molecule has 0 amide bonds. The molecule has 2 aromatic heterocycles. The predicted octanol–water partition coefficient (Wildman–Crippen LogP) is 24.5. The standard InChI is InChI=1S/C85H52N2S2/c1-3-22-61(23-4-1)86(77-35-17-32-70-67-29-10-13-37-79(67)88-83(70)77)63-26-15-20-54(49-63)56-39-40-58-51-73-69-45-42-59-47-57(55-21-16-27-64(50-55)87(62-24-5-2-6-25-62)78-36-18-33-71-68-30-11-14-38-80(68)89-84(71)78)41-44-66(59)82(69)85(76(73)52-60(58)48-56)74-34-12-9-31-72(74)81-65-28-8-7-19-53(65)43-46-75(81)85/h1-52H. The maximum atomic E-state index is 2.56. The van der Waals surface area contributed by atoms with Gasteiger partial charge in [0.1, 0.15) is 0 Å². The van der Waals surface area contributed by atoms with Crippen molar-refractivity contribution in [1.29, 1.82) is 0 Å². The Labute approximate surface area is 523 Å². The van der Waals surface area contributed by atoms with Crippen LogP contribution in [0.15, 0.2) is 315 Å². The third-order valence-electron chi connectivity index (χ3n) is 19.2. The highest BCUT2D eigenvalue weighted by Gasteiger charge is 2.53. The Kier molecular flexibility index (Phi) is 11.1. The van der Waals surface area contributed by atoms with Crippen molar-refractivity contribution < 1.29 is 0 Å². The molecule has 2 aliphatic carbocycles. The minimum atomic E-state index is -0.598. The van der Waals surface area contributed by atoms with Crippen molar-refractivity contribution in [2.24, 2.45) is 0 Å². The van der Waals surface area contributed by atoms with Gasteiger partial charge in [-0.3, -0.25) is 0 Å². The van der Waals surface area contributed by atoms with E-state index < -0.39 is 5.41 Å². The number of hydrogen-bond acceptors (Lipinski definition) is 4. The minimum Gasteiger partial charge on any atom is -0.309 e. The van der Waals surface area contributed by atoms with Gasteiger partial charge in [-0.25, -0.2) is 0 Å². The topological polar surface area (TPSA) is 6.48 Å². The molecular formula is C85H52N2S2. The van der Waals surface area contributed by atoms with Gasteiger partial charge in [0.25, 0.3) is 0 Å². The molecule has 4 heteroatoms. The van der Waals surface area contributed by atoms with E-state index in [2.05, 4.69) is 325 Å². The Morgan fingerprint density at radius 3 is 1.42 bits per heavy atom. The normalized spacial score (nSPS) is 13.9. The fourth-order valence-corrected chi connectivity index (χ4v) is 17.8. The quantitative estimate of drug-likeness (QED) is 0.150. The van der Waals surface area contributed by atoms with E-state index in [0.717, 1.165) is 22.7 Å². The molecule has 0 aliphatic heterocycles. The van der Waals surface area contributed by atoms with Crippen molar-refractivity contribution in [1.82, 2.24) is 0 Å². The fourth-order valence-electron chi connectivity index (χ4n) is 15.4. The molecular weight excluding hydrogens is 1110 g/mol. The molecule has 17 aromatic rings. The number of fused-ring (bicyclic) bond motifs is 21. The van der Waals surface area contributed by atoms with Gasteiger partial charge in [0.15, 0.2) is 0 Å². The Hall–Kier alpha value is -10.9. The zero-order valence-electron chi connectivity index (χ0n) is 48.2. The van der Waals surface area contributed by atoms with E-state index in [9.17, 15) is 0 Å². The number of hydrogen-bond donors (Lipinski definition) is 0. The van der Waals surface area contributed by atoms with Gasteiger partial charge in [-0.15, -0.1) is 22.7 Å². The molecule has 0 N–H and O–H groups in total. The molecule has 89 heavy (non-hydrogen) atoms. The summed E-state index contributed by atoms with van der Waals surface area (Å²) in [5.74, 6) is 0. The van der Waals surface area contributed by atoms with Crippen LogP contribution in [0.1, 0.15) is 22.3 Å². The van der Waals surface area contributed by atoms with E-state index >= 15 is 0 Å². The van der Waals surface area contributed by atoms with E-state index in [-0.39, 0.29) is 0 Å². The van der Waals surface area contributed by atoms with Gasteiger partial charge in [-0.1, -0.05) is 218 Å². The smallest absolute Gasteiger partial charge is 0.0731 e. The summed E-state index contributed by atoms with van der Waals surface area (Å²) >= 11 is 3.74. The lowest BCUT2D eigenvalue weighted by molar-refractivity contribution is 0.803. The van der Waals surface area contributed by atoms with Crippen LogP contribution in [0, 0.1) is 0 Å². The first-order valence-corrected chi connectivity index (χ1v) is 32.3. The molecule has 0 saturated heterocycles. The van der Waals surface area contributed by atoms with Crippen molar-refractivity contribution in [2.45, 2.75) is 5.41 Å². The first-order valence-electron chi connectivity index (χ1n) is 30.6. The Morgan fingerprint density at radius 2 is 0.753 bits per heavy atom. The number of rotatable bonds is 8. The van der Waals surface area contributed by atoms with Crippen LogP contribution in [0.25, 0.3) is 117 Å². The highest BCUT2D eigenvalue weighted by molar-refractivity contribution is 7.26. The van der Waals surface area contributed by atoms with Crippen LogP contribution in [0.5, 0.6) is 0 Å². The summed E-state index contributed by atoms with van der Waals surface area (Å²) in [5.41, 5.74) is 21.5. The largest absolute Gasteiger partial charge is 0.309 e. The Morgan fingerprint density at radius 1 is 0.247 bits per heavy atom.